The van der Waals surface area contributed by atoms with Crippen molar-refractivity contribution in [1.82, 2.24) is 14.9 Å². The first-order chi connectivity index (χ1) is 10.2. The van der Waals surface area contributed by atoms with Crippen molar-refractivity contribution in [2.75, 3.05) is 42.6 Å². The van der Waals surface area contributed by atoms with Crippen LogP contribution in [0.15, 0.2) is 12.3 Å². The van der Waals surface area contributed by atoms with E-state index in [4.69, 9.17) is 0 Å². The lowest BCUT2D eigenvalue weighted by Crippen LogP contribution is -2.47. The number of piperidine rings is 1. The molecule has 2 saturated heterocycles. The second kappa shape index (κ2) is 6.64. The van der Waals surface area contributed by atoms with E-state index in [0.29, 0.717) is 5.91 Å². The van der Waals surface area contributed by atoms with Crippen LogP contribution in [0.4, 0.5) is 5.82 Å². The van der Waals surface area contributed by atoms with Gasteiger partial charge in [0.15, 0.2) is 0 Å². The maximum atomic E-state index is 12.7. The van der Waals surface area contributed by atoms with Crippen molar-refractivity contribution in [3.8, 4) is 0 Å². The summed E-state index contributed by atoms with van der Waals surface area (Å²) in [5.41, 5.74) is 0. The van der Waals surface area contributed by atoms with E-state index in [2.05, 4.69) is 19.8 Å². The molecular formula is C15H22N4OS. The van der Waals surface area contributed by atoms with E-state index >= 15 is 0 Å². The quantitative estimate of drug-likeness (QED) is 0.830. The van der Waals surface area contributed by atoms with Crippen LogP contribution in [0.25, 0.3) is 0 Å². The molecule has 0 N–H and O–H groups in total. The molecule has 6 heteroatoms. The van der Waals surface area contributed by atoms with Crippen LogP contribution >= 0.6 is 11.8 Å². The molecule has 3 heterocycles. The van der Waals surface area contributed by atoms with Gasteiger partial charge in [0, 0.05) is 43.9 Å². The lowest BCUT2D eigenvalue weighted by molar-refractivity contribution is -0.135. The van der Waals surface area contributed by atoms with Crippen molar-refractivity contribution in [2.24, 2.45) is 5.92 Å². The zero-order valence-corrected chi connectivity index (χ0v) is 13.3. The summed E-state index contributed by atoms with van der Waals surface area (Å²) < 4.78 is 0. The van der Waals surface area contributed by atoms with Crippen molar-refractivity contribution in [3.63, 3.8) is 0 Å². The predicted molar refractivity (Wildman–Crippen MR) is 85.6 cm³/mol. The summed E-state index contributed by atoms with van der Waals surface area (Å²) in [6.45, 7) is 5.50. The largest absolute Gasteiger partial charge is 0.356 e. The molecule has 0 spiro atoms. The zero-order chi connectivity index (χ0) is 14.7. The molecule has 1 aromatic rings. The predicted octanol–water partition coefficient (Wildman–Crippen LogP) is 1.58. The van der Waals surface area contributed by atoms with E-state index in [1.807, 2.05) is 24.8 Å². The van der Waals surface area contributed by atoms with Gasteiger partial charge < -0.3 is 9.80 Å². The smallest absolute Gasteiger partial charge is 0.227 e. The third kappa shape index (κ3) is 3.48. The Balaban J connectivity index is 1.66. The molecule has 2 fully saturated rings. The fraction of sp³-hybridized carbons (Fsp3) is 0.667. The van der Waals surface area contributed by atoms with E-state index in [1.165, 1.54) is 0 Å². The lowest BCUT2D eigenvalue weighted by atomic mass is 9.96. The summed E-state index contributed by atoms with van der Waals surface area (Å²) in [6.07, 6.45) is 3.86. The highest BCUT2D eigenvalue weighted by Gasteiger charge is 2.30. The molecule has 0 radical (unpaired) electrons. The van der Waals surface area contributed by atoms with Gasteiger partial charge in [0.25, 0.3) is 0 Å². The van der Waals surface area contributed by atoms with Crippen molar-refractivity contribution >= 4 is 23.5 Å². The highest BCUT2D eigenvalue weighted by Crippen LogP contribution is 2.24. The normalized spacial score (nSPS) is 23.2. The number of aryl methyl sites for hydroxylation is 1. The number of hydrogen-bond donors (Lipinski definition) is 0. The molecule has 3 rings (SSSR count). The van der Waals surface area contributed by atoms with E-state index < -0.39 is 0 Å². The minimum atomic E-state index is 0.122. The molecule has 2 aliphatic rings. The van der Waals surface area contributed by atoms with Crippen molar-refractivity contribution in [2.45, 2.75) is 19.8 Å². The number of carbonyl (C=O) groups excluding carboxylic acids is 1. The van der Waals surface area contributed by atoms with Gasteiger partial charge in [-0.1, -0.05) is 0 Å². The minimum absolute atomic E-state index is 0.122. The van der Waals surface area contributed by atoms with Gasteiger partial charge >= 0.3 is 0 Å². The maximum absolute atomic E-state index is 12.7. The molecule has 0 aliphatic carbocycles. The molecule has 2 aliphatic heterocycles. The Bertz CT molecular complexity index is 504. The van der Waals surface area contributed by atoms with E-state index in [1.54, 1.807) is 6.20 Å². The molecule has 1 unspecified atom stereocenters. The summed E-state index contributed by atoms with van der Waals surface area (Å²) in [5, 5.41) is 0. The monoisotopic (exact) mass is 306 g/mol. The Labute approximate surface area is 130 Å². The minimum Gasteiger partial charge on any atom is -0.356 e. The maximum Gasteiger partial charge on any atom is 0.227 e. The topological polar surface area (TPSA) is 49.3 Å². The molecule has 0 bridgehead atoms. The highest BCUT2D eigenvalue weighted by molar-refractivity contribution is 7.99. The molecule has 0 aromatic carbocycles. The summed E-state index contributed by atoms with van der Waals surface area (Å²) in [7, 11) is 0. The van der Waals surface area contributed by atoms with Crippen molar-refractivity contribution < 1.29 is 4.79 Å². The van der Waals surface area contributed by atoms with Gasteiger partial charge in [-0.25, -0.2) is 9.97 Å². The first-order valence-electron chi connectivity index (χ1n) is 7.65. The molecule has 1 amide bonds. The van der Waals surface area contributed by atoms with Gasteiger partial charge in [-0.15, -0.1) is 0 Å². The number of hydrogen-bond acceptors (Lipinski definition) is 5. The zero-order valence-electron chi connectivity index (χ0n) is 12.5. The van der Waals surface area contributed by atoms with Gasteiger partial charge in [-0.3, -0.25) is 4.79 Å². The van der Waals surface area contributed by atoms with Crippen LogP contribution in [0.3, 0.4) is 0 Å². The number of anilines is 1. The number of nitrogens with zero attached hydrogens (tertiary/aromatic N) is 4. The number of amides is 1. The first-order valence-corrected chi connectivity index (χ1v) is 8.80. The molecule has 114 valence electrons. The van der Waals surface area contributed by atoms with Crippen LogP contribution in [0.2, 0.25) is 0 Å². The summed E-state index contributed by atoms with van der Waals surface area (Å²) in [4.78, 5) is 25.6. The SMILES string of the molecule is Cc1nccc(N2CCCC(C(=O)N3CCSCC3)C2)n1. The van der Waals surface area contributed by atoms with Crippen LogP contribution in [0.1, 0.15) is 18.7 Å². The Morgan fingerprint density at radius 1 is 1.33 bits per heavy atom. The van der Waals surface area contributed by atoms with E-state index in [-0.39, 0.29) is 5.92 Å². The summed E-state index contributed by atoms with van der Waals surface area (Å²) in [6, 6.07) is 1.94. The first kappa shape index (κ1) is 14.6. The Morgan fingerprint density at radius 2 is 2.14 bits per heavy atom. The molecular weight excluding hydrogens is 284 g/mol. The highest BCUT2D eigenvalue weighted by atomic mass is 32.2. The fourth-order valence-corrected chi connectivity index (χ4v) is 3.95. The number of thioether (sulfide) groups is 1. The average molecular weight is 306 g/mol. The van der Waals surface area contributed by atoms with E-state index in [0.717, 1.165) is 62.2 Å². The fourth-order valence-electron chi connectivity index (χ4n) is 3.05. The van der Waals surface area contributed by atoms with Crippen molar-refractivity contribution in [1.29, 1.82) is 0 Å². The van der Waals surface area contributed by atoms with Gasteiger partial charge in [0.2, 0.25) is 5.91 Å². The number of aromatic nitrogens is 2. The Kier molecular flexibility index (Phi) is 4.63. The Hall–Kier alpha value is -1.30. The van der Waals surface area contributed by atoms with Crippen LogP contribution in [0.5, 0.6) is 0 Å². The summed E-state index contributed by atoms with van der Waals surface area (Å²) in [5.74, 6) is 4.35. The summed E-state index contributed by atoms with van der Waals surface area (Å²) >= 11 is 1.94. The van der Waals surface area contributed by atoms with Crippen LogP contribution < -0.4 is 4.90 Å². The van der Waals surface area contributed by atoms with Gasteiger partial charge in [-0.05, 0) is 25.8 Å². The van der Waals surface area contributed by atoms with Gasteiger partial charge in [0.1, 0.15) is 11.6 Å². The molecule has 1 aromatic heterocycles. The van der Waals surface area contributed by atoms with E-state index in [9.17, 15) is 4.79 Å². The third-order valence-corrected chi connectivity index (χ3v) is 5.12. The van der Waals surface area contributed by atoms with Crippen LogP contribution in [-0.4, -0.2) is 58.5 Å². The van der Waals surface area contributed by atoms with Crippen molar-refractivity contribution in [3.05, 3.63) is 18.1 Å². The second-order valence-corrected chi connectivity index (χ2v) is 6.91. The third-order valence-electron chi connectivity index (χ3n) is 4.18. The van der Waals surface area contributed by atoms with Crippen LogP contribution in [0, 0.1) is 12.8 Å². The van der Waals surface area contributed by atoms with Gasteiger partial charge in [0.05, 0.1) is 5.92 Å². The van der Waals surface area contributed by atoms with Crippen LogP contribution in [-0.2, 0) is 4.79 Å². The lowest BCUT2D eigenvalue weighted by Gasteiger charge is -2.36. The molecule has 1 atom stereocenters. The molecule has 21 heavy (non-hydrogen) atoms. The Morgan fingerprint density at radius 3 is 2.90 bits per heavy atom. The molecule has 5 nitrogen and oxygen atoms in total. The second-order valence-electron chi connectivity index (χ2n) is 5.68. The van der Waals surface area contributed by atoms with Gasteiger partial charge in [-0.2, -0.15) is 11.8 Å². The standard InChI is InChI=1S/C15H22N4OS/c1-12-16-5-4-14(17-12)19-6-2-3-13(11-19)15(20)18-7-9-21-10-8-18/h4-5,13H,2-3,6-11H2,1H3. The number of carbonyl (C=O) groups is 1. The number of rotatable bonds is 2. The molecule has 0 saturated carbocycles. The average Bonchev–Trinajstić information content (AvgIpc) is 2.55.